The van der Waals surface area contributed by atoms with Crippen molar-refractivity contribution in [3.8, 4) is 0 Å². The SMILES string of the molecule is C=COCCC1CS(=O)(=O)CCS1(=O)=O. The molecule has 1 unspecified atom stereocenters. The first-order valence-electron chi connectivity index (χ1n) is 4.52. The number of hydrogen-bond donors (Lipinski definition) is 0. The fraction of sp³-hybridized carbons (Fsp3) is 0.750. The topological polar surface area (TPSA) is 77.5 Å². The van der Waals surface area contributed by atoms with Crippen molar-refractivity contribution in [2.75, 3.05) is 23.9 Å². The zero-order valence-electron chi connectivity index (χ0n) is 8.26. The van der Waals surface area contributed by atoms with Crippen LogP contribution < -0.4 is 0 Å². The van der Waals surface area contributed by atoms with Crippen molar-refractivity contribution in [2.45, 2.75) is 11.7 Å². The minimum atomic E-state index is -3.27. The Labute approximate surface area is 90.0 Å². The Morgan fingerprint density at radius 2 is 1.93 bits per heavy atom. The lowest BCUT2D eigenvalue weighted by Gasteiger charge is -2.21. The number of ether oxygens (including phenoxy) is 1. The van der Waals surface area contributed by atoms with E-state index < -0.39 is 24.9 Å². The molecule has 0 N–H and O–H groups in total. The summed E-state index contributed by atoms with van der Waals surface area (Å²) in [5, 5.41) is -0.823. The lowest BCUT2D eigenvalue weighted by molar-refractivity contribution is 0.245. The molecule has 1 saturated heterocycles. The largest absolute Gasteiger partial charge is 0.502 e. The van der Waals surface area contributed by atoms with Crippen molar-refractivity contribution in [3.63, 3.8) is 0 Å². The first-order valence-corrected chi connectivity index (χ1v) is 8.05. The van der Waals surface area contributed by atoms with Gasteiger partial charge in [0.25, 0.3) is 0 Å². The molecule has 1 rings (SSSR count). The Kier molecular flexibility index (Phi) is 3.77. The molecule has 1 heterocycles. The van der Waals surface area contributed by atoms with Gasteiger partial charge in [-0.05, 0) is 6.42 Å². The number of rotatable bonds is 4. The van der Waals surface area contributed by atoms with E-state index in [4.69, 9.17) is 4.74 Å². The lowest BCUT2D eigenvalue weighted by atomic mass is 10.3. The smallest absolute Gasteiger partial charge is 0.155 e. The van der Waals surface area contributed by atoms with E-state index in [-0.39, 0.29) is 30.3 Å². The Balaban J connectivity index is 2.69. The van der Waals surface area contributed by atoms with Crippen LogP contribution in [0.3, 0.4) is 0 Å². The predicted octanol–water partition coefficient (Wildman–Crippen LogP) is -0.252. The molecular weight excluding hydrogens is 240 g/mol. The van der Waals surface area contributed by atoms with Crippen LogP contribution in [0.1, 0.15) is 6.42 Å². The van der Waals surface area contributed by atoms with Crippen LogP contribution in [0.5, 0.6) is 0 Å². The quantitative estimate of drug-likeness (QED) is 0.510. The van der Waals surface area contributed by atoms with Gasteiger partial charge in [0, 0.05) is 0 Å². The van der Waals surface area contributed by atoms with Gasteiger partial charge in [0.15, 0.2) is 19.7 Å². The third-order valence-electron chi connectivity index (χ3n) is 2.30. The van der Waals surface area contributed by atoms with Crippen LogP contribution in [0.25, 0.3) is 0 Å². The summed E-state index contributed by atoms with van der Waals surface area (Å²) < 4.78 is 50.4. The van der Waals surface area contributed by atoms with E-state index >= 15 is 0 Å². The maximum atomic E-state index is 11.5. The summed E-state index contributed by atoms with van der Waals surface area (Å²) in [5.41, 5.74) is 0. The first-order chi connectivity index (χ1) is 6.87. The summed E-state index contributed by atoms with van der Waals surface area (Å²) in [4.78, 5) is 0. The van der Waals surface area contributed by atoms with Gasteiger partial charge in [0.2, 0.25) is 0 Å². The van der Waals surface area contributed by atoms with Crippen LogP contribution in [0.15, 0.2) is 12.8 Å². The normalized spacial score (nSPS) is 28.1. The van der Waals surface area contributed by atoms with Crippen LogP contribution in [-0.4, -0.2) is 46.0 Å². The molecule has 15 heavy (non-hydrogen) atoms. The van der Waals surface area contributed by atoms with Gasteiger partial charge in [0.1, 0.15) is 0 Å². The molecule has 0 aromatic heterocycles. The predicted molar refractivity (Wildman–Crippen MR) is 57.0 cm³/mol. The van der Waals surface area contributed by atoms with Gasteiger partial charge in [-0.1, -0.05) is 6.58 Å². The van der Waals surface area contributed by atoms with E-state index in [9.17, 15) is 16.8 Å². The van der Waals surface area contributed by atoms with Crippen LogP contribution >= 0.6 is 0 Å². The van der Waals surface area contributed by atoms with Gasteiger partial charge in [0.05, 0.1) is 35.4 Å². The average Bonchev–Trinajstić information content (AvgIpc) is 2.12. The second-order valence-corrected chi connectivity index (χ2v) is 8.06. The van der Waals surface area contributed by atoms with E-state index in [1.54, 1.807) is 0 Å². The Morgan fingerprint density at radius 3 is 2.53 bits per heavy atom. The zero-order valence-corrected chi connectivity index (χ0v) is 9.89. The van der Waals surface area contributed by atoms with Crippen LogP contribution in [-0.2, 0) is 24.4 Å². The molecule has 1 aliphatic heterocycles. The fourth-order valence-electron chi connectivity index (χ4n) is 1.43. The second kappa shape index (κ2) is 4.52. The number of sulfone groups is 2. The maximum Gasteiger partial charge on any atom is 0.155 e. The summed E-state index contributed by atoms with van der Waals surface area (Å²) in [6, 6.07) is 0. The van der Waals surface area contributed by atoms with Crippen molar-refractivity contribution in [3.05, 3.63) is 12.8 Å². The lowest BCUT2D eigenvalue weighted by Crippen LogP contribution is -2.40. The molecule has 0 aromatic carbocycles. The van der Waals surface area contributed by atoms with E-state index in [1.165, 1.54) is 6.26 Å². The Morgan fingerprint density at radius 1 is 1.27 bits per heavy atom. The average molecular weight is 254 g/mol. The summed E-state index contributed by atoms with van der Waals surface area (Å²) in [6.07, 6.45) is 1.41. The van der Waals surface area contributed by atoms with Crippen molar-refractivity contribution in [1.82, 2.24) is 0 Å². The molecule has 1 fully saturated rings. The molecule has 5 nitrogen and oxygen atoms in total. The van der Waals surface area contributed by atoms with Gasteiger partial charge >= 0.3 is 0 Å². The van der Waals surface area contributed by atoms with E-state index in [0.717, 1.165) is 0 Å². The zero-order chi connectivity index (χ0) is 11.5. The molecule has 0 aliphatic carbocycles. The molecule has 1 atom stereocenters. The van der Waals surface area contributed by atoms with Crippen LogP contribution in [0.2, 0.25) is 0 Å². The van der Waals surface area contributed by atoms with E-state index in [0.29, 0.717) is 0 Å². The summed E-state index contributed by atoms with van der Waals surface area (Å²) in [5.74, 6) is -0.807. The van der Waals surface area contributed by atoms with Gasteiger partial charge in [-0.3, -0.25) is 0 Å². The highest BCUT2D eigenvalue weighted by Gasteiger charge is 2.36. The molecule has 88 valence electrons. The Bertz CT molecular complexity index is 420. The van der Waals surface area contributed by atoms with Crippen molar-refractivity contribution >= 4 is 19.7 Å². The minimum absolute atomic E-state index is 0.183. The third-order valence-corrected chi connectivity index (χ3v) is 6.70. The standard InChI is InChI=1S/C8H14O5S2/c1-2-13-4-3-8-7-14(9,10)5-6-15(8,11)12/h2,8H,1,3-7H2. The van der Waals surface area contributed by atoms with Gasteiger partial charge in [-0.15, -0.1) is 0 Å². The molecule has 1 aliphatic rings. The molecule has 0 spiro atoms. The summed E-state index contributed by atoms with van der Waals surface area (Å²) >= 11 is 0. The molecule has 7 heteroatoms. The maximum absolute atomic E-state index is 11.5. The van der Waals surface area contributed by atoms with E-state index in [1.807, 2.05) is 0 Å². The van der Waals surface area contributed by atoms with Crippen LogP contribution in [0.4, 0.5) is 0 Å². The van der Waals surface area contributed by atoms with Crippen molar-refractivity contribution < 1.29 is 21.6 Å². The van der Waals surface area contributed by atoms with Crippen LogP contribution in [0, 0.1) is 0 Å². The first kappa shape index (κ1) is 12.5. The molecule has 0 saturated carbocycles. The van der Waals surface area contributed by atoms with Gasteiger partial charge in [-0.2, -0.15) is 0 Å². The highest BCUT2D eigenvalue weighted by atomic mass is 32.2. The second-order valence-electron chi connectivity index (χ2n) is 3.43. The molecule has 0 amide bonds. The molecule has 0 bridgehead atoms. The summed E-state index contributed by atoms with van der Waals surface area (Å²) in [7, 11) is -6.47. The molecular formula is C8H14O5S2. The Hall–Kier alpha value is -0.560. The van der Waals surface area contributed by atoms with Crippen molar-refractivity contribution in [2.24, 2.45) is 0 Å². The molecule has 0 radical (unpaired) electrons. The van der Waals surface area contributed by atoms with E-state index in [2.05, 4.69) is 6.58 Å². The number of hydrogen-bond acceptors (Lipinski definition) is 5. The van der Waals surface area contributed by atoms with Crippen molar-refractivity contribution in [1.29, 1.82) is 0 Å². The highest BCUT2D eigenvalue weighted by molar-refractivity contribution is 7.98. The monoisotopic (exact) mass is 254 g/mol. The minimum Gasteiger partial charge on any atom is -0.502 e. The molecule has 0 aromatic rings. The van der Waals surface area contributed by atoms with Gasteiger partial charge in [-0.25, -0.2) is 16.8 Å². The van der Waals surface area contributed by atoms with Gasteiger partial charge < -0.3 is 4.74 Å². The highest BCUT2D eigenvalue weighted by Crippen LogP contribution is 2.17. The fourth-order valence-corrected chi connectivity index (χ4v) is 6.51. The third kappa shape index (κ3) is 3.49. The summed E-state index contributed by atoms with van der Waals surface area (Å²) in [6.45, 7) is 3.50.